The molecule has 0 aromatic heterocycles. The van der Waals surface area contributed by atoms with Crippen LogP contribution >= 0.6 is 23.2 Å². The van der Waals surface area contributed by atoms with Crippen molar-refractivity contribution in [3.05, 3.63) is 88.4 Å². The Morgan fingerprint density at radius 1 is 0.926 bits per heavy atom. The Kier molecular flexibility index (Phi) is 3.96. The summed E-state index contributed by atoms with van der Waals surface area (Å²) in [6.45, 7) is 1.71. The number of anilines is 1. The second kappa shape index (κ2) is 6.36. The van der Waals surface area contributed by atoms with Gasteiger partial charge in [-0.3, -0.25) is 0 Å². The van der Waals surface area contributed by atoms with Crippen LogP contribution in [0.1, 0.15) is 16.7 Å². The van der Waals surface area contributed by atoms with E-state index < -0.39 is 4.87 Å². The van der Waals surface area contributed by atoms with Gasteiger partial charge >= 0.3 is 0 Å². The molecule has 5 rings (SSSR count). The molecular weight excluding hydrogens is 381 g/mol. The van der Waals surface area contributed by atoms with Crippen LogP contribution in [-0.4, -0.2) is 13.3 Å². The van der Waals surface area contributed by atoms with E-state index in [1.54, 1.807) is 0 Å². The molecule has 2 aliphatic heterocycles. The van der Waals surface area contributed by atoms with E-state index in [4.69, 9.17) is 32.7 Å². The van der Waals surface area contributed by atoms with Crippen LogP contribution in [0.4, 0.5) is 5.69 Å². The number of nitrogens with zero attached hydrogens (tertiary/aromatic N) is 1. The summed E-state index contributed by atoms with van der Waals surface area (Å²) in [6, 6.07) is 22.2. The molecule has 0 spiro atoms. The van der Waals surface area contributed by atoms with E-state index in [1.807, 2.05) is 36.4 Å². The van der Waals surface area contributed by atoms with E-state index in [0.717, 1.165) is 39.9 Å². The third-order valence-corrected chi connectivity index (χ3v) is 5.99. The van der Waals surface area contributed by atoms with Crippen LogP contribution in [0.15, 0.2) is 66.7 Å². The molecule has 0 bridgehead atoms. The van der Waals surface area contributed by atoms with Crippen LogP contribution in [0.2, 0.25) is 5.02 Å². The van der Waals surface area contributed by atoms with Crippen LogP contribution in [-0.2, 0) is 11.4 Å². The van der Waals surface area contributed by atoms with Gasteiger partial charge in [0.2, 0.25) is 6.79 Å². The highest BCUT2D eigenvalue weighted by Gasteiger charge is 2.43. The van der Waals surface area contributed by atoms with Crippen molar-refractivity contribution in [3.63, 3.8) is 0 Å². The molecule has 2 heterocycles. The number of halogens is 2. The molecule has 3 nitrogen and oxygen atoms in total. The fourth-order valence-electron chi connectivity index (χ4n) is 3.86. The van der Waals surface area contributed by atoms with Gasteiger partial charge < -0.3 is 14.4 Å². The summed E-state index contributed by atoms with van der Waals surface area (Å²) in [7, 11) is 0. The summed E-state index contributed by atoms with van der Waals surface area (Å²) in [5.41, 5.74) is 4.47. The zero-order valence-corrected chi connectivity index (χ0v) is 16.0. The fourth-order valence-corrected chi connectivity index (χ4v) is 4.41. The zero-order valence-electron chi connectivity index (χ0n) is 14.5. The van der Waals surface area contributed by atoms with Gasteiger partial charge in [0.1, 0.15) is 4.87 Å². The van der Waals surface area contributed by atoms with Crippen LogP contribution in [0.25, 0.3) is 0 Å². The number of fused-ring (bicyclic) bond motifs is 2. The highest BCUT2D eigenvalue weighted by Crippen LogP contribution is 2.50. The lowest BCUT2D eigenvalue weighted by molar-refractivity contribution is 0.174. The van der Waals surface area contributed by atoms with Crippen molar-refractivity contribution in [1.29, 1.82) is 0 Å². The van der Waals surface area contributed by atoms with Crippen molar-refractivity contribution in [1.82, 2.24) is 0 Å². The lowest BCUT2D eigenvalue weighted by Crippen LogP contribution is -2.29. The van der Waals surface area contributed by atoms with Crippen LogP contribution in [0.3, 0.4) is 0 Å². The van der Waals surface area contributed by atoms with Crippen LogP contribution in [0.5, 0.6) is 11.5 Å². The van der Waals surface area contributed by atoms with Gasteiger partial charge in [0.15, 0.2) is 11.5 Å². The summed E-state index contributed by atoms with van der Waals surface area (Å²) in [6.07, 6.45) is 0. The topological polar surface area (TPSA) is 21.7 Å². The molecular formula is C22H17Cl2NO2. The van der Waals surface area contributed by atoms with Gasteiger partial charge in [-0.15, -0.1) is 11.6 Å². The first-order valence-corrected chi connectivity index (χ1v) is 9.57. The average molecular weight is 398 g/mol. The molecule has 0 aliphatic carbocycles. The van der Waals surface area contributed by atoms with Gasteiger partial charge in [-0.25, -0.2) is 0 Å². The molecule has 5 heteroatoms. The minimum atomic E-state index is -0.635. The second-order valence-corrected chi connectivity index (χ2v) is 7.95. The SMILES string of the molecule is Clc1ccc(CN2CC(Cl)(c3ccc4c(c3)OCO4)c3ccccc32)cc1. The third kappa shape index (κ3) is 2.82. The Morgan fingerprint density at radius 3 is 2.56 bits per heavy atom. The first kappa shape index (κ1) is 16.8. The number of benzene rings is 3. The van der Waals surface area contributed by atoms with Gasteiger partial charge in [0.05, 0.1) is 0 Å². The van der Waals surface area contributed by atoms with Crippen molar-refractivity contribution < 1.29 is 9.47 Å². The first-order valence-electron chi connectivity index (χ1n) is 8.81. The summed E-state index contributed by atoms with van der Waals surface area (Å²) >= 11 is 13.3. The number of rotatable bonds is 3. The lowest BCUT2D eigenvalue weighted by Gasteiger charge is -2.25. The summed E-state index contributed by atoms with van der Waals surface area (Å²) in [5.74, 6) is 1.52. The second-order valence-electron chi connectivity index (χ2n) is 6.87. The highest BCUT2D eigenvalue weighted by molar-refractivity contribution is 6.30. The average Bonchev–Trinajstić information content (AvgIpc) is 3.27. The van der Waals surface area contributed by atoms with Crippen LogP contribution in [0, 0.1) is 0 Å². The standard InChI is InChI=1S/C22H17Cl2NO2/c23-17-8-5-15(6-9-17)12-25-13-22(24,18-3-1-2-4-19(18)25)16-7-10-20-21(11-16)27-14-26-20/h1-11H,12-14H2. The Balaban J connectivity index is 1.53. The molecule has 3 aromatic carbocycles. The molecule has 136 valence electrons. The number of hydrogen-bond acceptors (Lipinski definition) is 3. The predicted molar refractivity (Wildman–Crippen MR) is 108 cm³/mol. The highest BCUT2D eigenvalue weighted by atomic mass is 35.5. The van der Waals surface area contributed by atoms with Crippen molar-refractivity contribution in [2.45, 2.75) is 11.4 Å². The Labute approximate surface area is 168 Å². The van der Waals surface area contributed by atoms with Gasteiger partial charge in [0.25, 0.3) is 0 Å². The maximum Gasteiger partial charge on any atom is 0.231 e. The normalized spacial score (nSPS) is 20.0. The minimum absolute atomic E-state index is 0.257. The number of alkyl halides is 1. The monoisotopic (exact) mass is 397 g/mol. The number of para-hydroxylation sites is 1. The van der Waals surface area contributed by atoms with E-state index in [-0.39, 0.29) is 6.79 Å². The Bertz CT molecular complexity index is 1010. The molecule has 0 amide bonds. The maximum absolute atomic E-state index is 7.26. The molecule has 0 fully saturated rings. The molecule has 1 unspecified atom stereocenters. The molecule has 27 heavy (non-hydrogen) atoms. The molecule has 0 radical (unpaired) electrons. The summed E-state index contributed by atoms with van der Waals surface area (Å²) in [5, 5.41) is 0.743. The summed E-state index contributed by atoms with van der Waals surface area (Å²) < 4.78 is 11.0. The van der Waals surface area contributed by atoms with Crippen molar-refractivity contribution in [2.24, 2.45) is 0 Å². The van der Waals surface area contributed by atoms with Crippen molar-refractivity contribution in [3.8, 4) is 11.5 Å². The van der Waals surface area contributed by atoms with Crippen LogP contribution < -0.4 is 14.4 Å². The van der Waals surface area contributed by atoms with Gasteiger partial charge in [-0.1, -0.05) is 48.0 Å². The quantitative estimate of drug-likeness (QED) is 0.539. The lowest BCUT2D eigenvalue weighted by atomic mass is 9.92. The minimum Gasteiger partial charge on any atom is -0.454 e. The van der Waals surface area contributed by atoms with E-state index in [0.29, 0.717) is 6.54 Å². The zero-order chi connectivity index (χ0) is 18.4. The van der Waals surface area contributed by atoms with E-state index in [9.17, 15) is 0 Å². The van der Waals surface area contributed by atoms with E-state index >= 15 is 0 Å². The third-order valence-electron chi connectivity index (χ3n) is 5.20. The Morgan fingerprint density at radius 2 is 1.70 bits per heavy atom. The van der Waals surface area contributed by atoms with Crippen molar-refractivity contribution >= 4 is 28.9 Å². The maximum atomic E-state index is 7.26. The number of ether oxygens (including phenoxy) is 2. The fraction of sp³-hybridized carbons (Fsp3) is 0.182. The summed E-state index contributed by atoms with van der Waals surface area (Å²) in [4.78, 5) is 1.68. The molecule has 0 saturated carbocycles. The molecule has 1 atom stereocenters. The van der Waals surface area contributed by atoms with Gasteiger partial charge in [-0.2, -0.15) is 0 Å². The van der Waals surface area contributed by atoms with Gasteiger partial charge in [-0.05, 0) is 41.5 Å². The van der Waals surface area contributed by atoms with Crippen molar-refractivity contribution in [2.75, 3.05) is 18.2 Å². The molecule has 3 aromatic rings. The smallest absolute Gasteiger partial charge is 0.231 e. The Hall–Kier alpha value is -2.36. The largest absolute Gasteiger partial charge is 0.454 e. The van der Waals surface area contributed by atoms with E-state index in [2.05, 4.69) is 35.2 Å². The van der Waals surface area contributed by atoms with Gasteiger partial charge in [0, 0.05) is 29.4 Å². The van der Waals surface area contributed by atoms with E-state index in [1.165, 1.54) is 5.56 Å². The predicted octanol–water partition coefficient (Wildman–Crippen LogP) is 5.57. The molecule has 0 N–H and O–H groups in total. The number of hydrogen-bond donors (Lipinski definition) is 0. The first-order chi connectivity index (χ1) is 13.1. The molecule has 2 aliphatic rings. The molecule has 0 saturated heterocycles.